The number of cyclic esters (lactones) is 1. The highest BCUT2D eigenvalue weighted by molar-refractivity contribution is 7.98. The van der Waals surface area contributed by atoms with E-state index in [1.165, 1.54) is 0 Å². The number of carbonyl (C=O) groups is 2. The highest BCUT2D eigenvalue weighted by Gasteiger charge is 2.48. The number of pyridine rings is 1. The largest absolute Gasteiger partial charge is 0.447 e. The van der Waals surface area contributed by atoms with E-state index in [1.54, 1.807) is 16.7 Å². The summed E-state index contributed by atoms with van der Waals surface area (Å²) in [5.41, 5.74) is 2.26. The minimum Gasteiger partial charge on any atom is -0.447 e. The minimum atomic E-state index is -0.248. The standard InChI is InChI=1S/C26H33N5O3S/c1-17(4-8-24-28-13-21(35-2)14-29-24)3-6-19-7-5-18(12-27-19)22-11-23(22)25(32)30-9-10-31-20(15-30)16-34-26(31)33/h5,7,12-14,17,20,22-23H,3-4,6,8-11,15-16H2,1-2H3/t17-,20?,22-,23+/m1/s1. The Labute approximate surface area is 210 Å². The molecule has 2 aromatic rings. The van der Waals surface area contributed by atoms with Gasteiger partial charge in [-0.25, -0.2) is 14.8 Å². The molecular weight excluding hydrogens is 462 g/mol. The smallest absolute Gasteiger partial charge is 0.410 e. The number of piperazine rings is 1. The summed E-state index contributed by atoms with van der Waals surface area (Å²) in [6, 6.07) is 4.27. The van der Waals surface area contributed by atoms with E-state index < -0.39 is 0 Å². The van der Waals surface area contributed by atoms with Crippen molar-refractivity contribution in [2.24, 2.45) is 11.8 Å². The van der Waals surface area contributed by atoms with Crippen molar-refractivity contribution in [2.75, 3.05) is 32.5 Å². The van der Waals surface area contributed by atoms with Crippen LogP contribution < -0.4 is 0 Å². The van der Waals surface area contributed by atoms with E-state index in [0.717, 1.165) is 54.1 Å². The van der Waals surface area contributed by atoms with Crippen LogP contribution in [0.3, 0.4) is 0 Å². The van der Waals surface area contributed by atoms with Crippen LogP contribution in [-0.4, -0.2) is 75.3 Å². The predicted molar refractivity (Wildman–Crippen MR) is 133 cm³/mol. The van der Waals surface area contributed by atoms with Crippen molar-refractivity contribution in [3.8, 4) is 0 Å². The maximum Gasteiger partial charge on any atom is 0.410 e. The second kappa shape index (κ2) is 10.5. The molecule has 1 unspecified atom stereocenters. The quantitative estimate of drug-likeness (QED) is 0.492. The average Bonchev–Trinajstić information content (AvgIpc) is 3.62. The fourth-order valence-corrected chi connectivity index (χ4v) is 5.37. The Morgan fingerprint density at radius 2 is 1.94 bits per heavy atom. The zero-order valence-electron chi connectivity index (χ0n) is 20.4. The molecule has 186 valence electrons. The van der Waals surface area contributed by atoms with Crippen molar-refractivity contribution in [2.45, 2.75) is 55.9 Å². The van der Waals surface area contributed by atoms with Gasteiger partial charge in [-0.3, -0.25) is 14.7 Å². The molecule has 1 saturated carbocycles. The van der Waals surface area contributed by atoms with Gasteiger partial charge >= 0.3 is 6.09 Å². The van der Waals surface area contributed by atoms with E-state index >= 15 is 0 Å². The number of aryl methyl sites for hydroxylation is 2. The second-order valence-corrected chi connectivity index (χ2v) is 10.8. The van der Waals surface area contributed by atoms with Gasteiger partial charge in [-0.2, -0.15) is 0 Å². The Morgan fingerprint density at radius 3 is 2.69 bits per heavy atom. The topological polar surface area (TPSA) is 88.5 Å². The van der Waals surface area contributed by atoms with Crippen molar-refractivity contribution in [1.82, 2.24) is 24.8 Å². The van der Waals surface area contributed by atoms with Gasteiger partial charge in [-0.15, -0.1) is 11.8 Å². The molecule has 4 heterocycles. The molecule has 2 amide bonds. The van der Waals surface area contributed by atoms with Crippen molar-refractivity contribution in [3.05, 3.63) is 47.8 Å². The van der Waals surface area contributed by atoms with Crippen LogP contribution in [0.5, 0.6) is 0 Å². The Bertz CT molecular complexity index is 1050. The average molecular weight is 496 g/mol. The first kappa shape index (κ1) is 24.0. The van der Waals surface area contributed by atoms with Gasteiger partial charge in [0.15, 0.2) is 0 Å². The molecule has 8 nitrogen and oxygen atoms in total. The Kier molecular flexibility index (Phi) is 7.22. The van der Waals surface area contributed by atoms with Crippen molar-refractivity contribution in [1.29, 1.82) is 0 Å². The molecule has 5 rings (SSSR count). The molecule has 0 radical (unpaired) electrons. The molecule has 2 aromatic heterocycles. The Morgan fingerprint density at radius 1 is 1.14 bits per heavy atom. The lowest BCUT2D eigenvalue weighted by Crippen LogP contribution is -2.54. The van der Waals surface area contributed by atoms with Crippen LogP contribution in [0.2, 0.25) is 0 Å². The molecular formula is C26H33N5O3S. The van der Waals surface area contributed by atoms with Gasteiger partial charge in [0.1, 0.15) is 12.4 Å². The highest BCUT2D eigenvalue weighted by atomic mass is 32.2. The van der Waals surface area contributed by atoms with Gasteiger partial charge < -0.3 is 9.64 Å². The number of carbonyl (C=O) groups excluding carboxylic acids is 2. The third kappa shape index (κ3) is 5.60. The van der Waals surface area contributed by atoms with Gasteiger partial charge in [0.25, 0.3) is 0 Å². The summed E-state index contributed by atoms with van der Waals surface area (Å²) in [7, 11) is 0. The van der Waals surface area contributed by atoms with Crippen LogP contribution in [0.4, 0.5) is 4.79 Å². The number of rotatable bonds is 9. The SMILES string of the molecule is CSc1cnc(CC[C@H](C)CCc2ccc([C@H]3C[C@@H]3C(=O)N3CCN4C(=O)OCC4C3)cn2)nc1. The molecule has 3 aliphatic rings. The summed E-state index contributed by atoms with van der Waals surface area (Å²) in [6.45, 7) is 4.41. The number of hydrogen-bond donors (Lipinski definition) is 0. The Hall–Kier alpha value is -2.68. The maximum atomic E-state index is 13.0. The third-order valence-corrected chi connectivity index (χ3v) is 8.17. The van der Waals surface area contributed by atoms with E-state index in [0.29, 0.717) is 32.2 Å². The van der Waals surface area contributed by atoms with Crippen molar-refractivity contribution in [3.63, 3.8) is 0 Å². The van der Waals surface area contributed by atoms with E-state index in [1.807, 2.05) is 29.7 Å². The van der Waals surface area contributed by atoms with Gasteiger partial charge in [0.05, 0.1) is 6.04 Å². The van der Waals surface area contributed by atoms with Crippen LogP contribution in [0.15, 0.2) is 35.6 Å². The van der Waals surface area contributed by atoms with Crippen molar-refractivity contribution >= 4 is 23.8 Å². The van der Waals surface area contributed by atoms with E-state index in [2.05, 4.69) is 29.0 Å². The molecule has 2 saturated heterocycles. The molecule has 9 heteroatoms. The van der Waals surface area contributed by atoms with E-state index in [-0.39, 0.29) is 29.9 Å². The molecule has 0 spiro atoms. The number of thioether (sulfide) groups is 1. The first-order valence-electron chi connectivity index (χ1n) is 12.5. The zero-order valence-corrected chi connectivity index (χ0v) is 21.2. The van der Waals surface area contributed by atoms with Gasteiger partial charge in [-0.1, -0.05) is 13.0 Å². The fraction of sp³-hybridized carbons (Fsp3) is 0.577. The predicted octanol–water partition coefficient (Wildman–Crippen LogP) is 3.56. The second-order valence-electron chi connectivity index (χ2n) is 9.96. The van der Waals surface area contributed by atoms with Crippen LogP contribution in [-0.2, 0) is 22.4 Å². The van der Waals surface area contributed by atoms with E-state index in [9.17, 15) is 9.59 Å². The molecule has 0 bridgehead atoms. The van der Waals surface area contributed by atoms with Gasteiger partial charge in [-0.05, 0) is 55.4 Å². The molecule has 35 heavy (non-hydrogen) atoms. The first-order valence-corrected chi connectivity index (χ1v) is 13.8. The summed E-state index contributed by atoms with van der Waals surface area (Å²) in [6.07, 6.45) is 12.4. The number of ether oxygens (including phenoxy) is 1. The lowest BCUT2D eigenvalue weighted by molar-refractivity contribution is -0.134. The normalized spacial score (nSPS) is 24.2. The molecule has 3 fully saturated rings. The molecule has 0 N–H and O–H groups in total. The molecule has 1 aliphatic carbocycles. The zero-order chi connectivity index (χ0) is 24.4. The minimum absolute atomic E-state index is 0.00831. The van der Waals surface area contributed by atoms with Crippen LogP contribution in [0, 0.1) is 11.8 Å². The molecule has 0 aromatic carbocycles. The summed E-state index contributed by atoms with van der Waals surface area (Å²) in [5, 5.41) is 0. The number of aromatic nitrogens is 3. The number of fused-ring (bicyclic) bond motifs is 1. The monoisotopic (exact) mass is 495 g/mol. The summed E-state index contributed by atoms with van der Waals surface area (Å²) < 4.78 is 5.12. The van der Waals surface area contributed by atoms with Gasteiger partial charge in [0.2, 0.25) is 5.91 Å². The lowest BCUT2D eigenvalue weighted by Gasteiger charge is -2.35. The summed E-state index contributed by atoms with van der Waals surface area (Å²) in [4.78, 5) is 43.0. The van der Waals surface area contributed by atoms with E-state index in [4.69, 9.17) is 9.72 Å². The Balaban J connectivity index is 1.05. The summed E-state index contributed by atoms with van der Waals surface area (Å²) in [5.74, 6) is 2.00. The summed E-state index contributed by atoms with van der Waals surface area (Å²) >= 11 is 1.66. The number of hydrogen-bond acceptors (Lipinski definition) is 7. The number of nitrogens with zero attached hydrogens (tertiary/aromatic N) is 5. The third-order valence-electron chi connectivity index (χ3n) is 7.48. The maximum absolute atomic E-state index is 13.0. The number of amides is 2. The first-order chi connectivity index (χ1) is 17.0. The van der Waals surface area contributed by atoms with Crippen molar-refractivity contribution < 1.29 is 14.3 Å². The van der Waals surface area contributed by atoms with Crippen LogP contribution >= 0.6 is 11.8 Å². The molecule has 4 atom stereocenters. The fourth-order valence-electron chi connectivity index (χ4n) is 5.05. The lowest BCUT2D eigenvalue weighted by atomic mass is 9.98. The van der Waals surface area contributed by atoms with Gasteiger partial charge in [0, 0.05) is 61.2 Å². The van der Waals surface area contributed by atoms with Crippen LogP contribution in [0.1, 0.15) is 49.2 Å². The molecule has 2 aliphatic heterocycles. The highest BCUT2D eigenvalue weighted by Crippen LogP contribution is 2.48. The van der Waals surface area contributed by atoms with Crippen LogP contribution in [0.25, 0.3) is 0 Å².